The monoisotopic (exact) mass is 400 g/mol. The highest BCUT2D eigenvalue weighted by Crippen LogP contribution is 2.41. The van der Waals surface area contributed by atoms with Crippen LogP contribution in [0.3, 0.4) is 0 Å². The summed E-state index contributed by atoms with van der Waals surface area (Å²) in [7, 11) is 1.57. The number of allylic oxidation sites excluding steroid dienone is 2. The van der Waals surface area contributed by atoms with Crippen LogP contribution in [-0.4, -0.2) is 38.9 Å². The maximum Gasteiger partial charge on any atom is 0.337 e. The quantitative estimate of drug-likeness (QED) is 0.273. The van der Waals surface area contributed by atoms with Crippen LogP contribution in [0.25, 0.3) is 10.8 Å². The Balaban J connectivity index is 2.53. The van der Waals surface area contributed by atoms with Crippen molar-refractivity contribution in [2.24, 2.45) is 0 Å². The summed E-state index contributed by atoms with van der Waals surface area (Å²) in [5.74, 6) is 0.0558. The number of methoxy groups -OCH3 is 1. The summed E-state index contributed by atoms with van der Waals surface area (Å²) in [4.78, 5) is 24.1. The summed E-state index contributed by atoms with van der Waals surface area (Å²) in [6, 6.07) is 7.40. The zero-order chi connectivity index (χ0) is 21.4. The Labute approximate surface area is 171 Å². The summed E-state index contributed by atoms with van der Waals surface area (Å²) in [5.41, 5.74) is 2.69. The molecule has 156 valence electrons. The van der Waals surface area contributed by atoms with Crippen molar-refractivity contribution in [3.8, 4) is 11.5 Å². The Bertz CT molecular complexity index is 909. The molecular weight excluding hydrogens is 372 g/mol. The van der Waals surface area contributed by atoms with E-state index in [1.165, 1.54) is 6.92 Å². The SMILES string of the molecule is COCCOCC(=O)Oc1c(CC=C(C)C)c(C)c(OC(C)=O)c2ccccc12. The van der Waals surface area contributed by atoms with Crippen molar-refractivity contribution in [2.45, 2.75) is 34.1 Å². The summed E-state index contributed by atoms with van der Waals surface area (Å²) in [6.45, 7) is 7.77. The highest BCUT2D eigenvalue weighted by atomic mass is 16.6. The van der Waals surface area contributed by atoms with Gasteiger partial charge in [0.1, 0.15) is 18.1 Å². The number of carbonyl (C=O) groups is 2. The van der Waals surface area contributed by atoms with E-state index in [9.17, 15) is 9.59 Å². The lowest BCUT2D eigenvalue weighted by molar-refractivity contribution is -0.140. The van der Waals surface area contributed by atoms with Gasteiger partial charge in [-0.2, -0.15) is 0 Å². The average Bonchev–Trinajstić information content (AvgIpc) is 2.67. The normalized spacial score (nSPS) is 10.7. The van der Waals surface area contributed by atoms with Crippen LogP contribution in [0.2, 0.25) is 0 Å². The first kappa shape index (κ1) is 22.6. The van der Waals surface area contributed by atoms with Crippen molar-refractivity contribution in [1.29, 1.82) is 0 Å². The van der Waals surface area contributed by atoms with E-state index in [4.69, 9.17) is 18.9 Å². The minimum atomic E-state index is -0.496. The van der Waals surface area contributed by atoms with Gasteiger partial charge in [-0.25, -0.2) is 4.79 Å². The molecule has 0 amide bonds. The fraction of sp³-hybridized carbons (Fsp3) is 0.391. The average molecular weight is 400 g/mol. The van der Waals surface area contributed by atoms with Gasteiger partial charge in [-0.15, -0.1) is 0 Å². The number of ether oxygens (including phenoxy) is 4. The van der Waals surface area contributed by atoms with Gasteiger partial charge in [-0.05, 0) is 32.8 Å². The van der Waals surface area contributed by atoms with Gasteiger partial charge in [0.2, 0.25) is 0 Å². The highest BCUT2D eigenvalue weighted by molar-refractivity contribution is 5.98. The summed E-state index contributed by atoms with van der Waals surface area (Å²) in [5, 5.41) is 1.42. The van der Waals surface area contributed by atoms with Gasteiger partial charge >= 0.3 is 11.9 Å². The van der Waals surface area contributed by atoms with Crippen molar-refractivity contribution in [1.82, 2.24) is 0 Å². The third-order valence-electron chi connectivity index (χ3n) is 4.31. The van der Waals surface area contributed by atoms with Gasteiger partial charge in [0.25, 0.3) is 0 Å². The first-order valence-electron chi connectivity index (χ1n) is 9.48. The molecule has 29 heavy (non-hydrogen) atoms. The van der Waals surface area contributed by atoms with E-state index in [0.29, 0.717) is 41.9 Å². The Morgan fingerprint density at radius 3 is 2.21 bits per heavy atom. The molecule has 0 atom stereocenters. The standard InChI is InChI=1S/C23H28O6/c1-15(2)10-11-18-16(3)22(28-17(4)24)19-8-6-7-9-20(19)23(18)29-21(25)14-27-13-12-26-5/h6-10H,11-14H2,1-5H3. The smallest absolute Gasteiger partial charge is 0.337 e. The van der Waals surface area contributed by atoms with Crippen LogP contribution >= 0.6 is 0 Å². The molecule has 2 aromatic carbocycles. The summed E-state index contributed by atoms with van der Waals surface area (Å²) in [6.07, 6.45) is 2.58. The fourth-order valence-electron chi connectivity index (χ4n) is 2.94. The largest absolute Gasteiger partial charge is 0.426 e. The molecule has 0 fully saturated rings. The van der Waals surface area contributed by atoms with Gasteiger partial charge in [0.05, 0.1) is 13.2 Å². The second kappa shape index (κ2) is 10.7. The first-order chi connectivity index (χ1) is 13.8. The molecular formula is C23H28O6. The predicted octanol–water partition coefficient (Wildman–Crippen LogP) is 4.15. The van der Waals surface area contributed by atoms with E-state index >= 15 is 0 Å². The molecule has 0 N–H and O–H groups in total. The highest BCUT2D eigenvalue weighted by Gasteiger charge is 2.21. The van der Waals surface area contributed by atoms with Crippen molar-refractivity contribution in [3.05, 3.63) is 47.0 Å². The minimum absolute atomic E-state index is 0.176. The van der Waals surface area contributed by atoms with E-state index in [-0.39, 0.29) is 6.61 Å². The lowest BCUT2D eigenvalue weighted by Crippen LogP contribution is -2.18. The molecule has 0 heterocycles. The van der Waals surface area contributed by atoms with E-state index < -0.39 is 11.9 Å². The zero-order valence-corrected chi connectivity index (χ0v) is 17.7. The molecule has 0 spiro atoms. The van der Waals surface area contributed by atoms with Crippen LogP contribution in [0.1, 0.15) is 31.9 Å². The van der Waals surface area contributed by atoms with Crippen molar-refractivity contribution >= 4 is 22.7 Å². The summed E-state index contributed by atoms with van der Waals surface area (Å²) < 4.78 is 21.4. The lowest BCUT2D eigenvalue weighted by Gasteiger charge is -2.19. The molecule has 0 aliphatic carbocycles. The predicted molar refractivity (Wildman–Crippen MR) is 111 cm³/mol. The third-order valence-corrected chi connectivity index (χ3v) is 4.31. The van der Waals surface area contributed by atoms with Crippen LogP contribution < -0.4 is 9.47 Å². The van der Waals surface area contributed by atoms with Crippen LogP contribution in [0.4, 0.5) is 0 Å². The van der Waals surface area contributed by atoms with Crippen LogP contribution in [0.15, 0.2) is 35.9 Å². The zero-order valence-electron chi connectivity index (χ0n) is 17.7. The molecule has 0 aliphatic rings. The van der Waals surface area contributed by atoms with Gasteiger partial charge in [-0.3, -0.25) is 4.79 Å². The van der Waals surface area contributed by atoms with Crippen molar-refractivity contribution in [2.75, 3.05) is 26.9 Å². The maximum atomic E-state index is 12.4. The topological polar surface area (TPSA) is 71.1 Å². The van der Waals surface area contributed by atoms with Crippen LogP contribution in [0, 0.1) is 6.92 Å². The molecule has 0 saturated heterocycles. The second-order valence-electron chi connectivity index (χ2n) is 6.91. The number of benzene rings is 2. The fourth-order valence-corrected chi connectivity index (χ4v) is 2.94. The van der Waals surface area contributed by atoms with Crippen LogP contribution in [0.5, 0.6) is 11.5 Å². The molecule has 6 nitrogen and oxygen atoms in total. The van der Waals surface area contributed by atoms with E-state index in [1.54, 1.807) is 7.11 Å². The van der Waals surface area contributed by atoms with E-state index in [2.05, 4.69) is 0 Å². The summed E-state index contributed by atoms with van der Waals surface area (Å²) >= 11 is 0. The van der Waals surface area contributed by atoms with Gasteiger partial charge in [0, 0.05) is 30.4 Å². The number of rotatable bonds is 9. The number of hydrogen-bond acceptors (Lipinski definition) is 6. The number of hydrogen-bond donors (Lipinski definition) is 0. The van der Waals surface area contributed by atoms with E-state index in [0.717, 1.165) is 16.7 Å². The molecule has 6 heteroatoms. The third kappa shape index (κ3) is 6.14. The molecule has 0 bridgehead atoms. The number of esters is 2. The number of carbonyl (C=O) groups excluding carboxylic acids is 2. The Hall–Kier alpha value is -2.70. The Morgan fingerprint density at radius 1 is 0.966 bits per heavy atom. The maximum absolute atomic E-state index is 12.4. The molecule has 0 unspecified atom stereocenters. The van der Waals surface area contributed by atoms with Crippen molar-refractivity contribution in [3.63, 3.8) is 0 Å². The molecule has 0 aromatic heterocycles. The van der Waals surface area contributed by atoms with Crippen molar-refractivity contribution < 1.29 is 28.5 Å². The van der Waals surface area contributed by atoms with Gasteiger partial charge in [0.15, 0.2) is 0 Å². The molecule has 0 aliphatic heterocycles. The molecule has 0 saturated carbocycles. The van der Waals surface area contributed by atoms with E-state index in [1.807, 2.05) is 51.1 Å². The lowest BCUT2D eigenvalue weighted by atomic mass is 9.96. The van der Waals surface area contributed by atoms with Crippen LogP contribution in [-0.2, 0) is 25.5 Å². The molecule has 2 aromatic rings. The Kier molecular flexibility index (Phi) is 8.36. The first-order valence-corrected chi connectivity index (χ1v) is 9.48. The van der Waals surface area contributed by atoms with Gasteiger partial charge < -0.3 is 18.9 Å². The van der Waals surface area contributed by atoms with Gasteiger partial charge in [-0.1, -0.05) is 35.9 Å². The second-order valence-corrected chi connectivity index (χ2v) is 6.91. The minimum Gasteiger partial charge on any atom is -0.426 e. The molecule has 2 rings (SSSR count). The molecule has 0 radical (unpaired) electrons. The number of fused-ring (bicyclic) bond motifs is 1. The Morgan fingerprint density at radius 2 is 1.62 bits per heavy atom.